The van der Waals surface area contributed by atoms with E-state index in [-0.39, 0.29) is 40.7 Å². The normalized spacial score (nSPS) is 15.3. The highest BCUT2D eigenvalue weighted by atomic mass is 19.4. The molecule has 0 radical (unpaired) electrons. The number of amides is 1. The van der Waals surface area contributed by atoms with Gasteiger partial charge in [0, 0.05) is 45.3 Å². The summed E-state index contributed by atoms with van der Waals surface area (Å²) in [7, 11) is 0. The molecule has 1 amide bonds. The first-order chi connectivity index (χ1) is 17.4. The molecule has 1 unspecified atom stereocenters. The molecule has 1 fully saturated rings. The molecular weight excluding hydrogens is 493 g/mol. The molecule has 10 nitrogen and oxygen atoms in total. The van der Waals surface area contributed by atoms with Crippen LogP contribution in [0.3, 0.4) is 0 Å². The molecule has 0 aliphatic carbocycles. The summed E-state index contributed by atoms with van der Waals surface area (Å²) in [4.78, 5) is 36.4. The van der Waals surface area contributed by atoms with E-state index in [0.29, 0.717) is 31.6 Å². The number of carbonyl (C=O) groups is 2. The van der Waals surface area contributed by atoms with Gasteiger partial charge < -0.3 is 29.9 Å². The second kappa shape index (κ2) is 9.79. The SMILES string of the molecule is CC(=O)N1CCN(c2nc(NC(C(=O)O)c3ccc(C(F)(F)F)cc3)c3cn(C(C)C)c(O)c3n2)CC1. The second-order valence-corrected chi connectivity index (χ2v) is 9.12. The maximum Gasteiger partial charge on any atom is 0.416 e. The Hall–Kier alpha value is -4.03. The van der Waals surface area contributed by atoms with E-state index >= 15 is 0 Å². The highest BCUT2D eigenvalue weighted by molar-refractivity contribution is 5.95. The summed E-state index contributed by atoms with van der Waals surface area (Å²) >= 11 is 0. The Labute approximate surface area is 210 Å². The molecule has 1 saturated heterocycles. The minimum absolute atomic E-state index is 0.0501. The Bertz CT molecular complexity index is 1310. The van der Waals surface area contributed by atoms with E-state index < -0.39 is 23.8 Å². The number of alkyl halides is 3. The molecule has 1 aliphatic rings. The lowest BCUT2D eigenvalue weighted by Gasteiger charge is -2.34. The Balaban J connectivity index is 1.75. The fourth-order valence-corrected chi connectivity index (χ4v) is 4.23. The molecule has 1 aromatic carbocycles. The van der Waals surface area contributed by atoms with E-state index in [1.165, 1.54) is 6.92 Å². The predicted molar refractivity (Wildman–Crippen MR) is 129 cm³/mol. The van der Waals surface area contributed by atoms with Crippen LogP contribution in [0.4, 0.5) is 24.9 Å². The average molecular weight is 521 g/mol. The summed E-state index contributed by atoms with van der Waals surface area (Å²) in [5.74, 6) is -1.16. The maximum atomic E-state index is 13.0. The Morgan fingerprint density at radius 3 is 2.19 bits per heavy atom. The largest absolute Gasteiger partial charge is 0.493 e. The molecule has 2 aromatic heterocycles. The van der Waals surface area contributed by atoms with Crippen LogP contribution in [0, 0.1) is 0 Å². The molecule has 3 aromatic rings. The quantitative estimate of drug-likeness (QED) is 0.450. The molecule has 13 heteroatoms. The molecule has 1 atom stereocenters. The zero-order valence-electron chi connectivity index (χ0n) is 20.5. The maximum absolute atomic E-state index is 13.0. The zero-order valence-corrected chi connectivity index (χ0v) is 20.5. The number of aromatic hydroxyl groups is 1. The third kappa shape index (κ3) is 5.25. The fraction of sp³-hybridized carbons (Fsp3) is 0.417. The number of hydrogen-bond acceptors (Lipinski definition) is 7. The second-order valence-electron chi connectivity index (χ2n) is 9.12. The van der Waals surface area contributed by atoms with Crippen molar-refractivity contribution in [2.45, 2.75) is 39.0 Å². The van der Waals surface area contributed by atoms with Crippen LogP contribution in [-0.2, 0) is 15.8 Å². The van der Waals surface area contributed by atoms with E-state index in [1.54, 1.807) is 15.7 Å². The van der Waals surface area contributed by atoms with Gasteiger partial charge in [-0.1, -0.05) is 12.1 Å². The van der Waals surface area contributed by atoms with Gasteiger partial charge in [-0.2, -0.15) is 18.2 Å². The molecule has 0 spiro atoms. The Kier molecular flexibility index (Phi) is 6.89. The van der Waals surface area contributed by atoms with Crippen LogP contribution in [0.1, 0.15) is 44.0 Å². The van der Waals surface area contributed by atoms with Crippen molar-refractivity contribution in [2.75, 3.05) is 36.4 Å². The molecule has 198 valence electrons. The number of piperazine rings is 1. The van der Waals surface area contributed by atoms with Crippen LogP contribution in [0.15, 0.2) is 30.5 Å². The summed E-state index contributed by atoms with van der Waals surface area (Å²) in [5.41, 5.74) is -0.598. The highest BCUT2D eigenvalue weighted by Gasteiger charge is 2.31. The number of halogens is 3. The van der Waals surface area contributed by atoms with Gasteiger partial charge in [0.15, 0.2) is 6.04 Å². The van der Waals surface area contributed by atoms with Crippen molar-refractivity contribution in [2.24, 2.45) is 0 Å². The van der Waals surface area contributed by atoms with Gasteiger partial charge in [0.05, 0.1) is 10.9 Å². The molecule has 3 heterocycles. The zero-order chi connectivity index (χ0) is 27.1. The molecule has 37 heavy (non-hydrogen) atoms. The van der Waals surface area contributed by atoms with Crippen LogP contribution in [-0.4, -0.2) is 67.7 Å². The summed E-state index contributed by atoms with van der Waals surface area (Å²) < 4.78 is 40.5. The fourth-order valence-electron chi connectivity index (χ4n) is 4.23. The van der Waals surface area contributed by atoms with Crippen molar-refractivity contribution in [1.82, 2.24) is 19.4 Å². The van der Waals surface area contributed by atoms with Crippen molar-refractivity contribution < 1.29 is 33.0 Å². The monoisotopic (exact) mass is 520 g/mol. The molecule has 0 saturated carbocycles. The summed E-state index contributed by atoms with van der Waals surface area (Å²) in [6.45, 7) is 6.94. The van der Waals surface area contributed by atoms with Gasteiger partial charge >= 0.3 is 12.1 Å². The number of carbonyl (C=O) groups excluding carboxylic acids is 1. The standard InChI is InChI=1S/C24H27F3N6O4/c1-13(2)33-12-17-19(21(33)35)29-23(32-10-8-31(9-11-32)14(3)34)30-20(17)28-18(22(36)37)15-4-6-16(7-5-15)24(25,26)27/h4-7,12-13,18,35H,8-11H2,1-3H3,(H,36,37)(H,28,29,30). The summed E-state index contributed by atoms with van der Waals surface area (Å²) in [6, 6.07) is 2.28. The lowest BCUT2D eigenvalue weighted by atomic mass is 10.0. The van der Waals surface area contributed by atoms with E-state index in [4.69, 9.17) is 0 Å². The van der Waals surface area contributed by atoms with Gasteiger partial charge in [-0.25, -0.2) is 9.78 Å². The molecule has 1 aliphatic heterocycles. The average Bonchev–Trinajstić information content (AvgIpc) is 3.18. The van der Waals surface area contributed by atoms with Crippen LogP contribution in [0.5, 0.6) is 5.88 Å². The number of aromatic nitrogens is 3. The number of fused-ring (bicyclic) bond motifs is 1. The number of rotatable bonds is 6. The lowest BCUT2D eigenvalue weighted by molar-refractivity contribution is -0.138. The minimum atomic E-state index is -4.55. The van der Waals surface area contributed by atoms with Crippen molar-refractivity contribution >= 4 is 34.5 Å². The van der Waals surface area contributed by atoms with Gasteiger partial charge in [-0.15, -0.1) is 0 Å². The van der Waals surface area contributed by atoms with Gasteiger partial charge in [-0.05, 0) is 31.5 Å². The van der Waals surface area contributed by atoms with Crippen molar-refractivity contribution in [3.63, 3.8) is 0 Å². The number of nitrogens with zero attached hydrogens (tertiary/aromatic N) is 5. The number of nitrogens with one attached hydrogen (secondary N) is 1. The van der Waals surface area contributed by atoms with Crippen LogP contribution in [0.2, 0.25) is 0 Å². The van der Waals surface area contributed by atoms with E-state index in [0.717, 1.165) is 24.3 Å². The third-order valence-corrected chi connectivity index (χ3v) is 6.32. The smallest absolute Gasteiger partial charge is 0.416 e. The van der Waals surface area contributed by atoms with Gasteiger partial charge in [0.2, 0.25) is 17.7 Å². The lowest BCUT2D eigenvalue weighted by Crippen LogP contribution is -2.48. The van der Waals surface area contributed by atoms with Gasteiger partial charge in [-0.3, -0.25) is 4.79 Å². The number of carboxylic acid groups (broad SMARTS) is 1. The summed E-state index contributed by atoms with van der Waals surface area (Å²) in [5, 5.41) is 23.9. The topological polar surface area (TPSA) is 124 Å². The first kappa shape index (κ1) is 26.0. The van der Waals surface area contributed by atoms with E-state index in [2.05, 4.69) is 15.3 Å². The summed E-state index contributed by atoms with van der Waals surface area (Å²) in [6.07, 6.45) is -2.96. The van der Waals surface area contributed by atoms with Crippen molar-refractivity contribution in [3.8, 4) is 5.88 Å². The van der Waals surface area contributed by atoms with Crippen LogP contribution < -0.4 is 10.2 Å². The van der Waals surface area contributed by atoms with Gasteiger partial charge in [0.25, 0.3) is 0 Å². The third-order valence-electron chi connectivity index (χ3n) is 6.32. The molecular formula is C24H27F3N6O4. The highest BCUT2D eigenvalue weighted by Crippen LogP contribution is 2.36. The van der Waals surface area contributed by atoms with Crippen molar-refractivity contribution in [3.05, 3.63) is 41.6 Å². The number of benzene rings is 1. The number of hydrogen-bond donors (Lipinski definition) is 3. The Morgan fingerprint density at radius 1 is 1.05 bits per heavy atom. The molecule has 0 bridgehead atoms. The van der Waals surface area contributed by atoms with E-state index in [9.17, 15) is 33.0 Å². The predicted octanol–water partition coefficient (Wildman–Crippen LogP) is 3.64. The number of anilines is 2. The van der Waals surface area contributed by atoms with Crippen LogP contribution >= 0.6 is 0 Å². The first-order valence-corrected chi connectivity index (χ1v) is 11.6. The van der Waals surface area contributed by atoms with Crippen LogP contribution in [0.25, 0.3) is 10.9 Å². The number of carboxylic acids is 1. The molecule has 4 rings (SSSR count). The Morgan fingerprint density at radius 2 is 1.68 bits per heavy atom. The van der Waals surface area contributed by atoms with Crippen molar-refractivity contribution in [1.29, 1.82) is 0 Å². The molecule has 3 N–H and O–H groups in total. The van der Waals surface area contributed by atoms with E-state index in [1.807, 2.05) is 18.7 Å². The first-order valence-electron chi connectivity index (χ1n) is 11.6. The number of aliphatic carboxylic acids is 1. The minimum Gasteiger partial charge on any atom is -0.493 e. The van der Waals surface area contributed by atoms with Gasteiger partial charge in [0.1, 0.15) is 11.3 Å².